The van der Waals surface area contributed by atoms with E-state index >= 15 is 0 Å². The van der Waals surface area contributed by atoms with Crippen LogP contribution in [0.15, 0.2) is 18.5 Å². The summed E-state index contributed by atoms with van der Waals surface area (Å²) in [7, 11) is 0. The van der Waals surface area contributed by atoms with Gasteiger partial charge in [-0.05, 0) is 42.9 Å². The molecule has 2 heterocycles. The van der Waals surface area contributed by atoms with Crippen molar-refractivity contribution in [3.05, 3.63) is 24.0 Å². The van der Waals surface area contributed by atoms with Crippen LogP contribution in [0, 0.1) is 12.3 Å². The average Bonchev–Trinajstić information content (AvgIpc) is 2.85. The zero-order valence-electron chi connectivity index (χ0n) is 11.8. The first-order valence-corrected chi connectivity index (χ1v) is 7.21. The molecule has 2 aromatic heterocycles. The number of pyridine rings is 1. The Hall–Kier alpha value is -1.58. The van der Waals surface area contributed by atoms with Crippen LogP contribution in [-0.4, -0.2) is 21.1 Å². The first kappa shape index (κ1) is 12.5. The predicted molar refractivity (Wildman–Crippen MR) is 77.4 cm³/mol. The van der Waals surface area contributed by atoms with Crippen LogP contribution in [0.25, 0.3) is 5.65 Å². The summed E-state index contributed by atoms with van der Waals surface area (Å²) < 4.78 is 1.89. The summed E-state index contributed by atoms with van der Waals surface area (Å²) in [5, 5.41) is 7.87. The van der Waals surface area contributed by atoms with Crippen molar-refractivity contribution in [1.29, 1.82) is 0 Å². The lowest BCUT2D eigenvalue weighted by Crippen LogP contribution is -2.29. The molecule has 0 aliphatic heterocycles. The average molecular weight is 258 g/mol. The lowest BCUT2D eigenvalue weighted by molar-refractivity contribution is 0.233. The van der Waals surface area contributed by atoms with Crippen molar-refractivity contribution in [2.75, 3.05) is 11.9 Å². The molecule has 1 aliphatic carbocycles. The second-order valence-corrected chi connectivity index (χ2v) is 6.17. The number of nitrogens with zero attached hydrogens (tertiary/aromatic N) is 3. The third-order valence-electron chi connectivity index (χ3n) is 4.28. The van der Waals surface area contributed by atoms with Crippen LogP contribution in [-0.2, 0) is 0 Å². The number of aryl methyl sites for hydroxylation is 1. The highest BCUT2D eigenvalue weighted by Crippen LogP contribution is 2.35. The van der Waals surface area contributed by atoms with Crippen LogP contribution in [0.1, 0.15) is 44.6 Å². The molecule has 1 aliphatic rings. The standard InChI is InChI=1S/C15H22N4/c1-12-8-13(19-14(9-12)17-11-18-19)16-10-15(2)6-4-3-5-7-15/h8-9,11,16H,3-7,10H2,1-2H3. The van der Waals surface area contributed by atoms with E-state index < -0.39 is 0 Å². The monoisotopic (exact) mass is 258 g/mol. The van der Waals surface area contributed by atoms with E-state index in [1.165, 1.54) is 37.7 Å². The maximum Gasteiger partial charge on any atom is 0.157 e. The van der Waals surface area contributed by atoms with E-state index in [4.69, 9.17) is 0 Å². The molecule has 3 rings (SSSR count). The highest BCUT2D eigenvalue weighted by molar-refractivity contribution is 5.51. The molecule has 1 N–H and O–H groups in total. The molecule has 0 bridgehead atoms. The van der Waals surface area contributed by atoms with Crippen molar-refractivity contribution in [2.24, 2.45) is 5.41 Å². The zero-order valence-corrected chi connectivity index (χ0v) is 11.8. The maximum absolute atomic E-state index is 4.29. The maximum atomic E-state index is 4.29. The summed E-state index contributed by atoms with van der Waals surface area (Å²) >= 11 is 0. The number of hydrogen-bond donors (Lipinski definition) is 1. The van der Waals surface area contributed by atoms with Gasteiger partial charge in [-0.3, -0.25) is 0 Å². The SMILES string of the molecule is Cc1cc(NCC2(C)CCCCC2)n2ncnc2c1. The van der Waals surface area contributed by atoms with Gasteiger partial charge in [0.1, 0.15) is 12.1 Å². The summed E-state index contributed by atoms with van der Waals surface area (Å²) in [5.41, 5.74) is 2.56. The highest BCUT2D eigenvalue weighted by atomic mass is 15.3. The number of rotatable bonds is 3. The van der Waals surface area contributed by atoms with Crippen molar-refractivity contribution in [2.45, 2.75) is 46.0 Å². The molecule has 0 saturated heterocycles. The topological polar surface area (TPSA) is 42.2 Å². The largest absolute Gasteiger partial charge is 0.369 e. The minimum atomic E-state index is 0.425. The highest BCUT2D eigenvalue weighted by Gasteiger charge is 2.26. The van der Waals surface area contributed by atoms with Gasteiger partial charge in [0.05, 0.1) is 0 Å². The van der Waals surface area contributed by atoms with E-state index in [0.717, 1.165) is 18.0 Å². The molecule has 0 atom stereocenters. The van der Waals surface area contributed by atoms with Crippen molar-refractivity contribution in [3.63, 3.8) is 0 Å². The van der Waals surface area contributed by atoms with Crippen LogP contribution >= 0.6 is 0 Å². The van der Waals surface area contributed by atoms with E-state index in [-0.39, 0.29) is 0 Å². The van der Waals surface area contributed by atoms with Crippen LogP contribution in [0.4, 0.5) is 5.82 Å². The van der Waals surface area contributed by atoms with Crippen molar-refractivity contribution >= 4 is 11.5 Å². The fourth-order valence-electron chi connectivity index (χ4n) is 3.07. The Morgan fingerprint density at radius 3 is 2.84 bits per heavy atom. The molecule has 0 radical (unpaired) electrons. The number of aromatic nitrogens is 3. The van der Waals surface area contributed by atoms with Crippen molar-refractivity contribution in [1.82, 2.24) is 14.6 Å². The van der Waals surface area contributed by atoms with Gasteiger partial charge in [0, 0.05) is 6.54 Å². The van der Waals surface area contributed by atoms with E-state index in [2.05, 4.69) is 41.4 Å². The summed E-state index contributed by atoms with van der Waals surface area (Å²) in [6.07, 6.45) is 8.39. The Labute approximate surface area is 114 Å². The molecule has 0 spiro atoms. The van der Waals surface area contributed by atoms with Crippen LogP contribution in [0.3, 0.4) is 0 Å². The molecule has 4 heteroatoms. The summed E-state index contributed by atoms with van der Waals surface area (Å²) in [5.74, 6) is 1.05. The molecule has 1 saturated carbocycles. The normalized spacial score (nSPS) is 18.6. The molecule has 102 valence electrons. The van der Waals surface area contributed by atoms with Gasteiger partial charge in [-0.25, -0.2) is 4.98 Å². The summed E-state index contributed by atoms with van der Waals surface area (Å²) in [6, 6.07) is 4.20. The molecular formula is C15H22N4. The van der Waals surface area contributed by atoms with Gasteiger partial charge in [0.15, 0.2) is 5.65 Å². The van der Waals surface area contributed by atoms with Gasteiger partial charge in [-0.2, -0.15) is 9.61 Å². The smallest absolute Gasteiger partial charge is 0.157 e. The number of nitrogens with one attached hydrogen (secondary N) is 1. The number of anilines is 1. The Morgan fingerprint density at radius 1 is 1.26 bits per heavy atom. The third-order valence-corrected chi connectivity index (χ3v) is 4.28. The summed E-state index contributed by atoms with van der Waals surface area (Å²) in [4.78, 5) is 4.26. The fourth-order valence-corrected chi connectivity index (χ4v) is 3.07. The van der Waals surface area contributed by atoms with E-state index in [0.29, 0.717) is 5.41 Å². The Morgan fingerprint density at radius 2 is 2.05 bits per heavy atom. The molecule has 1 fully saturated rings. The van der Waals surface area contributed by atoms with Crippen LogP contribution in [0.5, 0.6) is 0 Å². The third kappa shape index (κ3) is 2.57. The Kier molecular flexibility index (Phi) is 3.17. The molecular weight excluding hydrogens is 236 g/mol. The molecule has 2 aromatic rings. The minimum absolute atomic E-state index is 0.425. The van der Waals surface area contributed by atoms with Gasteiger partial charge >= 0.3 is 0 Å². The van der Waals surface area contributed by atoms with E-state index in [1.807, 2.05) is 4.52 Å². The fraction of sp³-hybridized carbons (Fsp3) is 0.600. The zero-order chi connectivity index (χ0) is 13.3. The van der Waals surface area contributed by atoms with Crippen molar-refractivity contribution in [3.8, 4) is 0 Å². The molecule has 0 unspecified atom stereocenters. The quantitative estimate of drug-likeness (QED) is 0.917. The van der Waals surface area contributed by atoms with Gasteiger partial charge < -0.3 is 5.32 Å². The van der Waals surface area contributed by atoms with Crippen molar-refractivity contribution < 1.29 is 0 Å². The number of hydrogen-bond acceptors (Lipinski definition) is 3. The number of fused-ring (bicyclic) bond motifs is 1. The molecule has 0 amide bonds. The Balaban J connectivity index is 1.79. The molecule has 4 nitrogen and oxygen atoms in total. The van der Waals surface area contributed by atoms with Gasteiger partial charge in [-0.1, -0.05) is 26.2 Å². The second kappa shape index (κ2) is 4.83. The molecule has 0 aromatic carbocycles. The lowest BCUT2D eigenvalue weighted by atomic mass is 9.76. The van der Waals surface area contributed by atoms with E-state index in [1.54, 1.807) is 6.33 Å². The van der Waals surface area contributed by atoms with Gasteiger partial charge in [0.25, 0.3) is 0 Å². The summed E-state index contributed by atoms with van der Waals surface area (Å²) in [6.45, 7) is 5.51. The predicted octanol–water partition coefficient (Wildman–Crippen LogP) is 3.42. The first-order chi connectivity index (χ1) is 9.16. The lowest BCUT2D eigenvalue weighted by Gasteiger charge is -2.34. The van der Waals surface area contributed by atoms with Crippen LogP contribution in [0.2, 0.25) is 0 Å². The first-order valence-electron chi connectivity index (χ1n) is 7.21. The second-order valence-electron chi connectivity index (χ2n) is 6.17. The van der Waals surface area contributed by atoms with Gasteiger partial charge in [-0.15, -0.1) is 0 Å². The van der Waals surface area contributed by atoms with Gasteiger partial charge in [0.2, 0.25) is 0 Å². The van der Waals surface area contributed by atoms with Crippen LogP contribution < -0.4 is 5.32 Å². The minimum Gasteiger partial charge on any atom is -0.369 e. The molecule has 19 heavy (non-hydrogen) atoms. The Bertz CT molecular complexity index is 567. The van der Waals surface area contributed by atoms with E-state index in [9.17, 15) is 0 Å².